The van der Waals surface area contributed by atoms with Crippen LogP contribution in [0.1, 0.15) is 31.2 Å². The summed E-state index contributed by atoms with van der Waals surface area (Å²) in [6.45, 7) is 6.59. The quantitative estimate of drug-likeness (QED) is 0.403. The van der Waals surface area contributed by atoms with E-state index < -0.39 is 5.82 Å². The third kappa shape index (κ3) is 4.50. The molecule has 2 aromatic carbocycles. The number of anilines is 1. The van der Waals surface area contributed by atoms with E-state index in [4.69, 9.17) is 16.6 Å². The third-order valence-electron chi connectivity index (χ3n) is 8.54. The zero-order chi connectivity index (χ0) is 24.2. The molecule has 0 unspecified atom stereocenters. The van der Waals surface area contributed by atoms with E-state index in [2.05, 4.69) is 66.9 Å². The van der Waals surface area contributed by atoms with Crippen molar-refractivity contribution in [3.05, 3.63) is 57.3 Å². The summed E-state index contributed by atoms with van der Waals surface area (Å²) in [6, 6.07) is 12.4. The lowest BCUT2D eigenvalue weighted by atomic mass is 9.93. The average Bonchev–Trinajstić information content (AvgIpc) is 3.26. The third-order valence-corrected chi connectivity index (χ3v) is 9.32. The number of imidazole rings is 1. The van der Waals surface area contributed by atoms with E-state index in [0.29, 0.717) is 17.5 Å². The number of H-pyrrole nitrogens is 1. The first-order valence-corrected chi connectivity index (χ1v) is 13.9. The van der Waals surface area contributed by atoms with Crippen molar-refractivity contribution in [2.24, 2.45) is 5.92 Å². The van der Waals surface area contributed by atoms with Gasteiger partial charge in [-0.25, -0.2) is 9.37 Å². The van der Waals surface area contributed by atoms with E-state index in [0.717, 1.165) is 68.0 Å². The van der Waals surface area contributed by atoms with E-state index in [1.165, 1.54) is 24.5 Å². The Balaban J connectivity index is 1.24. The van der Waals surface area contributed by atoms with Gasteiger partial charge >= 0.3 is 0 Å². The van der Waals surface area contributed by atoms with Crippen LogP contribution in [0, 0.1) is 11.7 Å². The zero-order valence-electron chi connectivity index (χ0n) is 20.1. The summed E-state index contributed by atoms with van der Waals surface area (Å²) in [5.74, 6) is 1.06. The maximum Gasteiger partial charge on any atom is 0.204 e. The van der Waals surface area contributed by atoms with Crippen molar-refractivity contribution in [2.45, 2.75) is 37.1 Å². The SMILES string of the molecule is CN1CCN(CCCN(c2nc3cc(Cl)c(F)cc3[nH]2)[C@@H]2CC[C@]3(c4cccc(Br)c4)C[C@H]23)CC1. The smallest absolute Gasteiger partial charge is 0.204 e. The molecule has 0 bridgehead atoms. The second-order valence-electron chi connectivity index (χ2n) is 10.6. The molecule has 35 heavy (non-hydrogen) atoms. The van der Waals surface area contributed by atoms with Crippen LogP contribution >= 0.6 is 27.5 Å². The fourth-order valence-corrected chi connectivity index (χ4v) is 7.03. The van der Waals surface area contributed by atoms with Gasteiger partial charge in [0.15, 0.2) is 0 Å². The van der Waals surface area contributed by atoms with E-state index in [1.807, 2.05) is 0 Å². The molecule has 186 valence electrons. The van der Waals surface area contributed by atoms with Gasteiger partial charge in [-0.05, 0) is 69.0 Å². The summed E-state index contributed by atoms with van der Waals surface area (Å²) < 4.78 is 15.3. The van der Waals surface area contributed by atoms with Crippen LogP contribution in [0.2, 0.25) is 5.02 Å². The molecule has 6 rings (SSSR count). The molecule has 1 aromatic heterocycles. The van der Waals surface area contributed by atoms with Gasteiger partial charge < -0.3 is 19.7 Å². The lowest BCUT2D eigenvalue weighted by Crippen LogP contribution is -2.45. The lowest BCUT2D eigenvalue weighted by Gasteiger charge is -2.34. The van der Waals surface area contributed by atoms with Gasteiger partial charge in [0.05, 0.1) is 16.1 Å². The van der Waals surface area contributed by atoms with E-state index in [-0.39, 0.29) is 10.4 Å². The Bertz CT molecular complexity index is 1190. The van der Waals surface area contributed by atoms with Crippen LogP contribution in [0.15, 0.2) is 40.9 Å². The average molecular weight is 561 g/mol. The van der Waals surface area contributed by atoms with Crippen molar-refractivity contribution in [3.63, 3.8) is 0 Å². The van der Waals surface area contributed by atoms with Crippen LogP contribution in [0.25, 0.3) is 11.0 Å². The number of hydrogen-bond donors (Lipinski definition) is 1. The first kappa shape index (κ1) is 23.7. The largest absolute Gasteiger partial charge is 0.339 e. The maximum atomic E-state index is 14.1. The summed E-state index contributed by atoms with van der Waals surface area (Å²) in [7, 11) is 2.20. The number of benzene rings is 2. The fourth-order valence-electron chi connectivity index (χ4n) is 6.47. The van der Waals surface area contributed by atoms with E-state index >= 15 is 0 Å². The molecule has 0 amide bonds. The first-order valence-electron chi connectivity index (χ1n) is 12.7. The first-order chi connectivity index (χ1) is 16.9. The second kappa shape index (κ2) is 9.33. The number of fused-ring (bicyclic) bond motifs is 2. The molecule has 2 heterocycles. The molecule has 2 aliphatic carbocycles. The van der Waals surface area contributed by atoms with Crippen LogP contribution in [-0.4, -0.2) is 72.1 Å². The lowest BCUT2D eigenvalue weighted by molar-refractivity contribution is 0.153. The van der Waals surface area contributed by atoms with Crippen LogP contribution in [0.3, 0.4) is 0 Å². The Morgan fingerprint density at radius 3 is 2.83 bits per heavy atom. The minimum atomic E-state index is -0.410. The molecular weight excluding hydrogens is 529 g/mol. The molecule has 0 radical (unpaired) electrons. The number of nitrogens with one attached hydrogen (secondary N) is 1. The maximum absolute atomic E-state index is 14.1. The molecule has 3 aromatic rings. The minimum absolute atomic E-state index is 0.119. The highest BCUT2D eigenvalue weighted by Crippen LogP contribution is 2.65. The van der Waals surface area contributed by atoms with Gasteiger partial charge in [0, 0.05) is 54.7 Å². The van der Waals surface area contributed by atoms with Crippen LogP contribution in [-0.2, 0) is 5.41 Å². The number of rotatable bonds is 7. The molecular formula is C27H32BrClFN5. The second-order valence-corrected chi connectivity index (χ2v) is 11.9. The summed E-state index contributed by atoms with van der Waals surface area (Å²) in [5.41, 5.74) is 3.17. The van der Waals surface area contributed by atoms with Crippen molar-refractivity contribution in [1.82, 2.24) is 19.8 Å². The van der Waals surface area contributed by atoms with Crippen molar-refractivity contribution in [1.29, 1.82) is 0 Å². The number of aromatic amines is 1. The monoisotopic (exact) mass is 559 g/mol. The molecule has 3 fully saturated rings. The summed E-state index contributed by atoms with van der Waals surface area (Å²) in [5, 5.41) is 0.119. The standard InChI is InChI=1S/C27H32BrClFN5/c1-33-10-12-34(13-11-33)8-3-9-35(26-31-23-15-21(29)22(30)16-24(23)32-26)25-6-7-27(17-20(25)27)18-4-2-5-19(28)14-18/h2,4-5,14-16,20,25H,3,6-13,17H2,1H3,(H,31,32)/t20-,25-,27-/m1/s1. The predicted molar refractivity (Wildman–Crippen MR) is 144 cm³/mol. The molecule has 0 spiro atoms. The van der Waals surface area contributed by atoms with Crippen LogP contribution in [0.5, 0.6) is 0 Å². The predicted octanol–water partition coefficient (Wildman–Crippen LogP) is 5.68. The number of likely N-dealkylation sites (N-methyl/N-ethyl adjacent to an activating group) is 1. The number of halogens is 3. The van der Waals surface area contributed by atoms with Gasteiger partial charge in [-0.15, -0.1) is 0 Å². The molecule has 5 nitrogen and oxygen atoms in total. The topological polar surface area (TPSA) is 38.4 Å². The van der Waals surface area contributed by atoms with Gasteiger partial charge in [-0.1, -0.05) is 39.7 Å². The van der Waals surface area contributed by atoms with Crippen molar-refractivity contribution < 1.29 is 4.39 Å². The Morgan fingerprint density at radius 2 is 2.06 bits per heavy atom. The van der Waals surface area contributed by atoms with Crippen LogP contribution in [0.4, 0.5) is 10.3 Å². The van der Waals surface area contributed by atoms with Gasteiger partial charge in [0.2, 0.25) is 5.95 Å². The van der Waals surface area contributed by atoms with Gasteiger partial charge in [0.25, 0.3) is 0 Å². The Labute approximate surface area is 219 Å². The van der Waals surface area contributed by atoms with Gasteiger partial charge in [-0.3, -0.25) is 0 Å². The van der Waals surface area contributed by atoms with Gasteiger partial charge in [-0.2, -0.15) is 0 Å². The number of piperazine rings is 1. The highest BCUT2D eigenvalue weighted by Gasteiger charge is 2.63. The summed E-state index contributed by atoms with van der Waals surface area (Å²) in [4.78, 5) is 15.8. The molecule has 8 heteroatoms. The van der Waals surface area contributed by atoms with E-state index in [9.17, 15) is 4.39 Å². The molecule has 1 aliphatic heterocycles. The van der Waals surface area contributed by atoms with Crippen molar-refractivity contribution >= 4 is 44.5 Å². The number of hydrogen-bond acceptors (Lipinski definition) is 4. The summed E-state index contributed by atoms with van der Waals surface area (Å²) >= 11 is 9.72. The zero-order valence-corrected chi connectivity index (χ0v) is 22.5. The Morgan fingerprint density at radius 1 is 1.23 bits per heavy atom. The number of nitrogens with zero attached hydrogens (tertiary/aromatic N) is 4. The minimum Gasteiger partial charge on any atom is -0.339 e. The molecule has 1 saturated heterocycles. The molecule has 1 N–H and O–H groups in total. The number of aromatic nitrogens is 2. The molecule has 2 saturated carbocycles. The Hall–Kier alpha value is -1.67. The Kier molecular flexibility index (Phi) is 6.32. The summed E-state index contributed by atoms with van der Waals surface area (Å²) in [6.07, 6.45) is 4.67. The van der Waals surface area contributed by atoms with Crippen molar-refractivity contribution in [2.75, 3.05) is 51.2 Å². The normalized spacial score (nSPS) is 26.9. The van der Waals surface area contributed by atoms with Crippen molar-refractivity contribution in [3.8, 4) is 0 Å². The van der Waals surface area contributed by atoms with Gasteiger partial charge in [0.1, 0.15) is 5.82 Å². The molecule has 3 atom stereocenters. The van der Waals surface area contributed by atoms with E-state index in [1.54, 1.807) is 6.07 Å². The highest BCUT2D eigenvalue weighted by atomic mass is 79.9. The van der Waals surface area contributed by atoms with Crippen LogP contribution < -0.4 is 4.90 Å². The highest BCUT2D eigenvalue weighted by molar-refractivity contribution is 9.10. The molecule has 3 aliphatic rings. The fraction of sp³-hybridized carbons (Fsp3) is 0.519.